The van der Waals surface area contributed by atoms with Crippen molar-refractivity contribution < 1.29 is 22.4 Å². The van der Waals surface area contributed by atoms with Crippen molar-refractivity contribution in [1.82, 2.24) is 29.5 Å². The van der Waals surface area contributed by atoms with Gasteiger partial charge in [0.2, 0.25) is 0 Å². The molecule has 1 saturated heterocycles. The van der Waals surface area contributed by atoms with E-state index in [1.807, 2.05) is 6.07 Å². The molecule has 13 heteroatoms. The number of rotatable bonds is 10. The average Bonchev–Trinajstić information content (AvgIpc) is 3.66. The Balaban J connectivity index is 1.25. The summed E-state index contributed by atoms with van der Waals surface area (Å²) >= 11 is 0. The smallest absolute Gasteiger partial charge is 0.370 e. The van der Waals surface area contributed by atoms with Gasteiger partial charge in [-0.2, -0.15) is 13.2 Å². The maximum absolute atomic E-state index is 16.4. The number of likely N-dealkylation sites (N-methyl/N-ethyl adjacent to an activating group) is 1. The first-order chi connectivity index (χ1) is 22.8. The predicted octanol–water partition coefficient (Wildman–Crippen LogP) is 6.12. The van der Waals surface area contributed by atoms with Crippen LogP contribution in [-0.4, -0.2) is 74.7 Å². The molecule has 2 aromatic heterocycles. The van der Waals surface area contributed by atoms with Crippen LogP contribution in [0.4, 0.5) is 29.2 Å². The Morgan fingerprint density at radius 1 is 1.08 bits per heavy atom. The molecule has 0 radical (unpaired) electrons. The van der Waals surface area contributed by atoms with Crippen LogP contribution in [0.3, 0.4) is 0 Å². The number of carbonyl (C=O) groups excluding carboxylic acids is 1. The molecule has 2 saturated carbocycles. The standard InChI is InChI=1S/C35H44F4N8O/c1-21(2)28-19-44(3)10-11-46(28)17-23-12-25-26(27(13-23)35(37,38)39)18-47(33(25)48)30-15-24(14-29(42-30)40-16-22-6-7-22)34(8-5-9-34)31(36)32-43-41-20-45(32)4/h12-15,20-22,28,31H,5-11,16-19H2,1-4H3,(H,40,42)/t28-,31+/m1/s1. The van der Waals surface area contributed by atoms with Gasteiger partial charge in [-0.05, 0) is 85.5 Å². The van der Waals surface area contributed by atoms with Crippen molar-refractivity contribution in [3.63, 3.8) is 0 Å². The van der Waals surface area contributed by atoms with Crippen LogP contribution in [-0.2, 0) is 31.7 Å². The molecule has 1 aromatic carbocycles. The fourth-order valence-electron chi connectivity index (χ4n) is 7.67. The Morgan fingerprint density at radius 2 is 1.85 bits per heavy atom. The van der Waals surface area contributed by atoms with E-state index in [1.54, 1.807) is 23.7 Å². The number of hydrogen-bond acceptors (Lipinski definition) is 7. The molecule has 7 rings (SSSR count). The second-order valence-electron chi connectivity index (χ2n) is 14.7. The molecule has 4 aliphatic rings. The lowest BCUT2D eigenvalue weighted by Crippen LogP contribution is -2.53. The summed E-state index contributed by atoms with van der Waals surface area (Å²) in [7, 11) is 3.76. The summed E-state index contributed by atoms with van der Waals surface area (Å²) in [6, 6.07) is 6.57. The molecule has 3 aromatic rings. The number of nitrogens with one attached hydrogen (secondary N) is 1. The van der Waals surface area contributed by atoms with E-state index in [4.69, 9.17) is 4.98 Å². The molecule has 2 aliphatic carbocycles. The fourth-order valence-corrected chi connectivity index (χ4v) is 7.67. The Kier molecular flexibility index (Phi) is 8.50. The third kappa shape index (κ3) is 6.08. The number of piperazine rings is 1. The fraction of sp³-hybridized carbons (Fsp3) is 0.600. The monoisotopic (exact) mass is 668 g/mol. The van der Waals surface area contributed by atoms with Crippen LogP contribution in [0.15, 0.2) is 30.6 Å². The molecular weight excluding hydrogens is 624 g/mol. The number of halogens is 4. The van der Waals surface area contributed by atoms with Crippen LogP contribution in [0, 0.1) is 11.8 Å². The molecular formula is C35H44F4N8O. The van der Waals surface area contributed by atoms with Crippen molar-refractivity contribution in [2.45, 2.75) is 82.8 Å². The van der Waals surface area contributed by atoms with Gasteiger partial charge in [0.15, 0.2) is 12.0 Å². The SMILES string of the molecule is CC(C)[C@H]1CN(C)CCN1Cc1cc2c(c(C(F)(F)F)c1)CN(c1cc(C3([C@@H](F)c4nncn4C)CCC3)cc(NCC3CC3)n1)C2=O. The van der Waals surface area contributed by atoms with E-state index < -0.39 is 29.2 Å². The highest BCUT2D eigenvalue weighted by molar-refractivity contribution is 6.10. The number of anilines is 2. The van der Waals surface area contributed by atoms with E-state index in [9.17, 15) is 18.0 Å². The average molecular weight is 669 g/mol. The molecule has 4 heterocycles. The molecule has 9 nitrogen and oxygen atoms in total. The van der Waals surface area contributed by atoms with Crippen LogP contribution in [0.2, 0.25) is 0 Å². The van der Waals surface area contributed by atoms with Crippen molar-refractivity contribution in [2.75, 3.05) is 43.4 Å². The van der Waals surface area contributed by atoms with Gasteiger partial charge in [-0.1, -0.05) is 20.3 Å². The van der Waals surface area contributed by atoms with E-state index in [2.05, 4.69) is 46.2 Å². The lowest BCUT2D eigenvalue weighted by Gasteiger charge is -2.44. The molecule has 0 spiro atoms. The molecule has 258 valence electrons. The van der Waals surface area contributed by atoms with Gasteiger partial charge >= 0.3 is 6.18 Å². The van der Waals surface area contributed by atoms with Gasteiger partial charge in [-0.3, -0.25) is 14.6 Å². The van der Waals surface area contributed by atoms with Crippen molar-refractivity contribution in [3.8, 4) is 0 Å². The van der Waals surface area contributed by atoms with Gasteiger partial charge in [-0.15, -0.1) is 10.2 Å². The number of benzene rings is 1. The second-order valence-corrected chi connectivity index (χ2v) is 14.7. The molecule has 1 N–H and O–H groups in total. The molecule has 2 aliphatic heterocycles. The van der Waals surface area contributed by atoms with E-state index in [0.29, 0.717) is 54.7 Å². The van der Waals surface area contributed by atoms with Crippen molar-refractivity contribution in [1.29, 1.82) is 0 Å². The Morgan fingerprint density at radius 3 is 2.48 bits per heavy atom. The summed E-state index contributed by atoms with van der Waals surface area (Å²) in [6.45, 7) is 7.39. The third-order valence-electron chi connectivity index (χ3n) is 10.9. The lowest BCUT2D eigenvalue weighted by atomic mass is 9.61. The summed E-state index contributed by atoms with van der Waals surface area (Å²) < 4.78 is 62.0. The first kappa shape index (κ1) is 32.9. The maximum atomic E-state index is 16.4. The van der Waals surface area contributed by atoms with E-state index in [0.717, 1.165) is 38.9 Å². The zero-order valence-corrected chi connectivity index (χ0v) is 28.0. The molecule has 1 amide bonds. The number of hydrogen-bond donors (Lipinski definition) is 1. The van der Waals surface area contributed by atoms with Gasteiger partial charge in [0.1, 0.15) is 18.0 Å². The topological polar surface area (TPSA) is 82.4 Å². The second kappa shape index (κ2) is 12.4. The van der Waals surface area contributed by atoms with Gasteiger partial charge in [-0.25, -0.2) is 9.37 Å². The Bertz CT molecular complexity index is 1680. The number of fused-ring (bicyclic) bond motifs is 1. The maximum Gasteiger partial charge on any atom is 0.416 e. The van der Waals surface area contributed by atoms with Crippen LogP contribution in [0.1, 0.15) is 90.6 Å². The Labute approximate surface area is 278 Å². The molecule has 48 heavy (non-hydrogen) atoms. The number of amides is 1. The largest absolute Gasteiger partial charge is 0.416 e. The minimum Gasteiger partial charge on any atom is -0.370 e. The van der Waals surface area contributed by atoms with Crippen molar-refractivity contribution in [3.05, 3.63) is 64.2 Å². The van der Waals surface area contributed by atoms with E-state index in [-0.39, 0.29) is 35.4 Å². The van der Waals surface area contributed by atoms with Gasteiger partial charge in [0.05, 0.1) is 12.1 Å². The summed E-state index contributed by atoms with van der Waals surface area (Å²) in [5.74, 6) is 1.23. The molecule has 2 atom stereocenters. The highest BCUT2D eigenvalue weighted by Gasteiger charge is 2.50. The molecule has 0 bridgehead atoms. The summed E-state index contributed by atoms with van der Waals surface area (Å²) in [5.41, 5.74) is -0.568. The minimum atomic E-state index is -4.64. The van der Waals surface area contributed by atoms with Crippen LogP contribution in [0.25, 0.3) is 0 Å². The van der Waals surface area contributed by atoms with Crippen LogP contribution >= 0.6 is 0 Å². The highest BCUT2D eigenvalue weighted by atomic mass is 19.4. The van der Waals surface area contributed by atoms with Crippen LogP contribution in [0.5, 0.6) is 0 Å². The quantitative estimate of drug-likeness (QED) is 0.261. The van der Waals surface area contributed by atoms with E-state index in [1.165, 1.54) is 17.3 Å². The van der Waals surface area contributed by atoms with E-state index >= 15 is 4.39 Å². The van der Waals surface area contributed by atoms with Gasteiger partial charge < -0.3 is 14.8 Å². The Hall–Kier alpha value is -3.58. The van der Waals surface area contributed by atoms with Gasteiger partial charge in [0.25, 0.3) is 5.91 Å². The number of pyridine rings is 1. The summed E-state index contributed by atoms with van der Waals surface area (Å²) in [6.07, 6.45) is -0.479. The summed E-state index contributed by atoms with van der Waals surface area (Å²) in [5, 5.41) is 11.3. The number of carbonyl (C=O) groups is 1. The minimum absolute atomic E-state index is 0.0458. The number of aryl methyl sites for hydroxylation is 1. The summed E-state index contributed by atoms with van der Waals surface area (Å²) in [4.78, 5) is 24.7. The number of aromatic nitrogens is 4. The number of alkyl halides is 4. The zero-order valence-electron chi connectivity index (χ0n) is 28.0. The molecule has 0 unspecified atom stereocenters. The van der Waals surface area contributed by atoms with Crippen molar-refractivity contribution >= 4 is 17.5 Å². The first-order valence-corrected chi connectivity index (χ1v) is 17.1. The highest BCUT2D eigenvalue weighted by Crippen LogP contribution is 2.54. The lowest BCUT2D eigenvalue weighted by molar-refractivity contribution is -0.138. The van der Waals surface area contributed by atoms with Crippen LogP contribution < -0.4 is 10.2 Å². The first-order valence-electron chi connectivity index (χ1n) is 17.1. The normalized spacial score (nSPS) is 22.2. The third-order valence-corrected chi connectivity index (χ3v) is 10.9. The molecule has 3 fully saturated rings. The zero-order chi connectivity index (χ0) is 34.0. The predicted molar refractivity (Wildman–Crippen MR) is 174 cm³/mol. The number of nitrogens with zero attached hydrogens (tertiary/aromatic N) is 7. The van der Waals surface area contributed by atoms with Gasteiger partial charge in [0, 0.05) is 56.8 Å². The van der Waals surface area contributed by atoms with Crippen molar-refractivity contribution in [2.24, 2.45) is 18.9 Å².